The molecule has 13 heteroatoms. The number of likely N-dealkylation sites (tertiary alicyclic amines) is 2. The van der Waals surface area contributed by atoms with E-state index in [2.05, 4.69) is 28.2 Å². The van der Waals surface area contributed by atoms with Gasteiger partial charge in [-0.2, -0.15) is 15.5 Å². The molecule has 0 radical (unpaired) electrons. The van der Waals surface area contributed by atoms with Crippen molar-refractivity contribution in [1.29, 1.82) is 5.26 Å². The summed E-state index contributed by atoms with van der Waals surface area (Å²) in [5, 5.41) is 24.1. The van der Waals surface area contributed by atoms with Crippen molar-refractivity contribution < 1.29 is 13.9 Å². The average molecular weight is 712 g/mol. The number of ether oxygens (including phenoxy) is 1. The van der Waals surface area contributed by atoms with E-state index in [0.717, 1.165) is 41.4 Å². The van der Waals surface area contributed by atoms with Gasteiger partial charge in [0.1, 0.15) is 12.1 Å². The molecule has 1 unspecified atom stereocenters. The van der Waals surface area contributed by atoms with E-state index in [-0.39, 0.29) is 46.6 Å². The lowest BCUT2D eigenvalue weighted by molar-refractivity contribution is -0.130. The molecule has 2 aliphatic heterocycles. The fourth-order valence-electron chi connectivity index (χ4n) is 7.78. The van der Waals surface area contributed by atoms with Crippen molar-refractivity contribution in [3.8, 4) is 23.1 Å². The number of aromatic nitrogens is 5. The Morgan fingerprint density at radius 3 is 2.73 bits per heavy atom. The van der Waals surface area contributed by atoms with Crippen LogP contribution in [-0.2, 0) is 4.79 Å². The SMILES string of the molecule is Cc1cc2[nH]ncc2c(-c2c(Cl)cc3c(nc(OCC4CCCN4C)c4cnn([C@H]5CCN(C(=O)/C=C/CN(C)C)[C@H](CC#N)C5)c43)c2F)c1C. The van der Waals surface area contributed by atoms with Crippen LogP contribution in [0.4, 0.5) is 4.39 Å². The maximum absolute atomic E-state index is 17.2. The summed E-state index contributed by atoms with van der Waals surface area (Å²) in [6.07, 6.45) is 10.3. The van der Waals surface area contributed by atoms with Gasteiger partial charge in [-0.3, -0.25) is 14.6 Å². The van der Waals surface area contributed by atoms with Crippen molar-refractivity contribution in [2.24, 2.45) is 0 Å². The molecule has 2 fully saturated rings. The number of likely N-dealkylation sites (N-methyl/N-ethyl adjacent to an activating group) is 2. The summed E-state index contributed by atoms with van der Waals surface area (Å²) in [4.78, 5) is 24.1. The quantitative estimate of drug-likeness (QED) is 0.171. The van der Waals surface area contributed by atoms with Crippen molar-refractivity contribution in [3.05, 3.63) is 58.6 Å². The number of nitrogens with zero attached hydrogens (tertiary/aromatic N) is 8. The first-order valence-electron chi connectivity index (χ1n) is 17.5. The zero-order chi connectivity index (χ0) is 36.0. The molecule has 5 heterocycles. The lowest BCUT2D eigenvalue weighted by atomic mass is 9.92. The smallest absolute Gasteiger partial charge is 0.246 e. The van der Waals surface area contributed by atoms with Crippen LogP contribution in [0.1, 0.15) is 49.3 Å². The van der Waals surface area contributed by atoms with Crippen LogP contribution < -0.4 is 4.74 Å². The van der Waals surface area contributed by atoms with Crippen LogP contribution >= 0.6 is 11.6 Å². The van der Waals surface area contributed by atoms with Gasteiger partial charge in [-0.15, -0.1) is 0 Å². The van der Waals surface area contributed by atoms with E-state index >= 15 is 4.39 Å². The van der Waals surface area contributed by atoms with Crippen LogP contribution in [0.5, 0.6) is 5.88 Å². The van der Waals surface area contributed by atoms with E-state index in [1.807, 2.05) is 49.7 Å². The summed E-state index contributed by atoms with van der Waals surface area (Å²) in [5.74, 6) is -0.334. The van der Waals surface area contributed by atoms with Crippen LogP contribution in [0.25, 0.3) is 43.8 Å². The van der Waals surface area contributed by atoms with Crippen LogP contribution in [-0.4, -0.2) is 105 Å². The monoisotopic (exact) mass is 711 g/mol. The zero-order valence-corrected chi connectivity index (χ0v) is 30.5. The van der Waals surface area contributed by atoms with Gasteiger partial charge in [0.2, 0.25) is 11.8 Å². The molecule has 11 nitrogen and oxygen atoms in total. The minimum atomic E-state index is -0.543. The van der Waals surface area contributed by atoms with Gasteiger partial charge in [0.25, 0.3) is 0 Å². The molecule has 1 N–H and O–H groups in total. The van der Waals surface area contributed by atoms with Crippen molar-refractivity contribution >= 4 is 50.2 Å². The van der Waals surface area contributed by atoms with Crippen molar-refractivity contribution in [3.63, 3.8) is 0 Å². The van der Waals surface area contributed by atoms with Gasteiger partial charge in [-0.25, -0.2) is 9.37 Å². The van der Waals surface area contributed by atoms with E-state index in [0.29, 0.717) is 60.3 Å². The predicted octanol–water partition coefficient (Wildman–Crippen LogP) is 6.57. The molecule has 266 valence electrons. The van der Waals surface area contributed by atoms with Gasteiger partial charge in [0.15, 0.2) is 5.82 Å². The second kappa shape index (κ2) is 14.2. The molecule has 0 saturated carbocycles. The number of rotatable bonds is 9. The van der Waals surface area contributed by atoms with E-state index in [9.17, 15) is 10.1 Å². The Kier molecular flexibility index (Phi) is 9.72. The number of carbonyl (C=O) groups excluding carboxylic acids is 1. The first kappa shape index (κ1) is 34.9. The normalized spacial score (nSPS) is 20.1. The molecule has 5 aromatic rings. The molecule has 0 spiro atoms. The van der Waals surface area contributed by atoms with Crippen molar-refractivity contribution in [2.75, 3.05) is 47.4 Å². The Hall–Kier alpha value is -4.57. The van der Waals surface area contributed by atoms with Gasteiger partial charge in [0.05, 0.1) is 52.4 Å². The highest BCUT2D eigenvalue weighted by atomic mass is 35.5. The number of halogens is 2. The number of hydrogen-bond donors (Lipinski definition) is 1. The lowest BCUT2D eigenvalue weighted by Crippen LogP contribution is -2.46. The second-order valence-corrected chi connectivity index (χ2v) is 14.6. The van der Waals surface area contributed by atoms with Gasteiger partial charge in [0, 0.05) is 53.1 Å². The second-order valence-electron chi connectivity index (χ2n) is 14.2. The third-order valence-corrected chi connectivity index (χ3v) is 11.0. The Labute approximate surface area is 301 Å². The van der Waals surface area contributed by atoms with E-state index in [4.69, 9.17) is 26.4 Å². The van der Waals surface area contributed by atoms with Crippen molar-refractivity contribution in [2.45, 2.75) is 64.1 Å². The number of aryl methyl sites for hydroxylation is 1. The largest absolute Gasteiger partial charge is 0.475 e. The molecule has 51 heavy (non-hydrogen) atoms. The first-order chi connectivity index (χ1) is 24.6. The predicted molar refractivity (Wildman–Crippen MR) is 197 cm³/mol. The van der Waals surface area contributed by atoms with E-state index in [1.165, 1.54) is 0 Å². The van der Waals surface area contributed by atoms with Gasteiger partial charge < -0.3 is 19.4 Å². The number of piperidine rings is 1. The minimum absolute atomic E-state index is 0.109. The number of fused-ring (bicyclic) bond motifs is 4. The Bertz CT molecular complexity index is 2200. The molecule has 2 aliphatic rings. The minimum Gasteiger partial charge on any atom is -0.475 e. The summed E-state index contributed by atoms with van der Waals surface area (Å²) in [6, 6.07) is 5.81. The molecule has 1 amide bonds. The van der Waals surface area contributed by atoms with E-state index < -0.39 is 5.82 Å². The highest BCUT2D eigenvalue weighted by Gasteiger charge is 2.34. The Morgan fingerprint density at radius 1 is 1.16 bits per heavy atom. The first-order valence-corrected chi connectivity index (χ1v) is 17.9. The molecule has 0 aliphatic carbocycles. The van der Waals surface area contributed by atoms with E-state index in [1.54, 1.807) is 29.4 Å². The van der Waals surface area contributed by atoms with Gasteiger partial charge in [-0.05, 0) is 90.5 Å². The molecule has 7 rings (SSSR count). The Morgan fingerprint density at radius 2 is 1.98 bits per heavy atom. The summed E-state index contributed by atoms with van der Waals surface area (Å²) in [7, 11) is 5.97. The fraction of sp³-hybridized carbons (Fsp3) is 0.447. The summed E-state index contributed by atoms with van der Waals surface area (Å²) >= 11 is 7.07. The van der Waals surface area contributed by atoms with Crippen LogP contribution in [0, 0.1) is 31.0 Å². The maximum atomic E-state index is 17.2. The number of nitriles is 1. The molecule has 2 aromatic carbocycles. The van der Waals surface area contributed by atoms with Gasteiger partial charge >= 0.3 is 0 Å². The summed E-state index contributed by atoms with van der Waals surface area (Å²) < 4.78 is 25.6. The highest BCUT2D eigenvalue weighted by molar-refractivity contribution is 6.35. The molecule has 3 aromatic heterocycles. The van der Waals surface area contributed by atoms with Crippen LogP contribution in [0.2, 0.25) is 5.02 Å². The third-order valence-electron chi connectivity index (χ3n) is 10.7. The molecular formula is C38H43ClFN9O2. The standard InChI is InChI=1S/C38H43ClFN9O2/c1-22-16-31-28(19-42-45-31)33(23(22)2)34-30(39)18-27-36(35(34)40)44-38(51-21-26-8-6-14-47(26)5)29-20-43-49(37(27)29)25-11-15-48(24(17-25)10-12-41)32(50)9-7-13-46(3)4/h7,9,16,18-20,24-26H,6,8,10-11,13-15,17,21H2,1-5H3,(H,42,45)/b9-7+/t24-,25+,26?/m1/s1. The number of aromatic amines is 1. The Balaban J connectivity index is 1.35. The number of nitrogens with one attached hydrogen (secondary N) is 1. The molecular weight excluding hydrogens is 669 g/mol. The number of pyridine rings is 1. The molecule has 0 bridgehead atoms. The van der Waals surface area contributed by atoms with Crippen LogP contribution in [0.3, 0.4) is 0 Å². The molecule has 2 saturated heterocycles. The lowest BCUT2D eigenvalue weighted by Gasteiger charge is -2.38. The van der Waals surface area contributed by atoms with Crippen LogP contribution in [0.15, 0.2) is 36.7 Å². The molecule has 3 atom stereocenters. The fourth-order valence-corrected chi connectivity index (χ4v) is 8.07. The average Bonchev–Trinajstić information content (AvgIpc) is 3.86. The highest BCUT2D eigenvalue weighted by Crippen LogP contribution is 2.44. The zero-order valence-electron chi connectivity index (χ0n) is 29.7. The number of H-pyrrole nitrogens is 1. The maximum Gasteiger partial charge on any atom is 0.246 e. The number of amides is 1. The van der Waals surface area contributed by atoms with Gasteiger partial charge in [-0.1, -0.05) is 17.7 Å². The number of benzene rings is 2. The summed E-state index contributed by atoms with van der Waals surface area (Å²) in [6.45, 7) is 6.45. The summed E-state index contributed by atoms with van der Waals surface area (Å²) in [5.41, 5.74) is 4.42. The number of carbonyl (C=O) groups is 1. The van der Waals surface area contributed by atoms with Crippen molar-refractivity contribution in [1.82, 2.24) is 39.7 Å². The topological polar surface area (TPSA) is 119 Å². The third kappa shape index (κ3) is 6.43. The number of hydrogen-bond acceptors (Lipinski definition) is 8.